The van der Waals surface area contributed by atoms with Crippen LogP contribution in [-0.2, 0) is 0 Å². The van der Waals surface area contributed by atoms with Crippen LogP contribution in [0.1, 0.15) is 90.9 Å². The second kappa shape index (κ2) is 13.4. The number of hydrogen-bond donors (Lipinski definition) is 0. The van der Waals surface area contributed by atoms with Gasteiger partial charge in [-0.05, 0) is 23.2 Å². The molecule has 5 heteroatoms. The third-order valence-electron chi connectivity index (χ3n) is 4.83. The summed E-state index contributed by atoms with van der Waals surface area (Å²) in [5.41, 5.74) is 1.42. The van der Waals surface area contributed by atoms with E-state index in [-0.39, 0.29) is 0 Å². The molecule has 0 saturated heterocycles. The molecule has 0 amide bonds. The third kappa shape index (κ3) is 8.19. The maximum atomic E-state index is 6.00. The smallest absolute Gasteiger partial charge is 0.163 e. The molecule has 0 N–H and O–H groups in total. The fourth-order valence-electron chi connectivity index (χ4n) is 3.15. The van der Waals surface area contributed by atoms with Gasteiger partial charge in [0.25, 0.3) is 0 Å². The zero-order valence-corrected chi connectivity index (χ0v) is 17.2. The summed E-state index contributed by atoms with van der Waals surface area (Å²) in [5, 5.41) is 7.83. The van der Waals surface area contributed by atoms with Crippen LogP contribution in [0.4, 0.5) is 0 Å². The maximum absolute atomic E-state index is 6.00. The van der Waals surface area contributed by atoms with Crippen LogP contribution in [0, 0.1) is 0 Å². The first kappa shape index (κ1) is 21.5. The maximum Gasteiger partial charge on any atom is 0.163 e. The number of unbranched alkanes of at least 4 members (excludes halogenated alkanes) is 10. The van der Waals surface area contributed by atoms with Gasteiger partial charge in [0, 0.05) is 12.1 Å². The molecule has 1 aromatic heterocycles. The predicted octanol–water partition coefficient (Wildman–Crippen LogP) is 6.70. The molecule has 1 heterocycles. The molecule has 152 valence electrons. The van der Waals surface area contributed by atoms with Crippen LogP contribution in [0.3, 0.4) is 0 Å². The number of fused-ring (bicyclic) bond motifs is 1. The highest BCUT2D eigenvalue weighted by molar-refractivity contribution is 5.77. The molecule has 1 aromatic carbocycles. The normalized spacial score (nSPS) is 11.2. The number of hydrogen-bond acceptors (Lipinski definition) is 5. The van der Waals surface area contributed by atoms with Crippen molar-refractivity contribution in [2.24, 2.45) is 0 Å². The Bertz CT molecular complexity index is 575. The first-order valence-corrected chi connectivity index (χ1v) is 10.9. The van der Waals surface area contributed by atoms with Gasteiger partial charge in [0.05, 0.1) is 13.2 Å². The Hall–Kier alpha value is -1.78. The second-order valence-electron chi connectivity index (χ2n) is 7.28. The lowest BCUT2D eigenvalue weighted by atomic mass is 10.1. The van der Waals surface area contributed by atoms with Crippen LogP contribution in [0.2, 0.25) is 0 Å². The highest BCUT2D eigenvalue weighted by Crippen LogP contribution is 2.31. The van der Waals surface area contributed by atoms with Crippen molar-refractivity contribution in [3.63, 3.8) is 0 Å². The van der Waals surface area contributed by atoms with Crippen LogP contribution in [0.25, 0.3) is 11.0 Å². The molecule has 0 aliphatic heterocycles. The highest BCUT2D eigenvalue weighted by Gasteiger charge is 2.11. The van der Waals surface area contributed by atoms with Crippen LogP contribution in [0.15, 0.2) is 16.8 Å². The average molecular weight is 377 g/mol. The minimum Gasteiger partial charge on any atom is -0.490 e. The number of benzene rings is 1. The van der Waals surface area contributed by atoms with E-state index in [1.807, 2.05) is 12.1 Å². The molecule has 0 unspecified atom stereocenters. The van der Waals surface area contributed by atoms with Crippen molar-refractivity contribution in [2.75, 3.05) is 13.2 Å². The van der Waals surface area contributed by atoms with Gasteiger partial charge in [-0.25, -0.2) is 4.63 Å². The van der Waals surface area contributed by atoms with Crippen molar-refractivity contribution in [2.45, 2.75) is 90.9 Å². The summed E-state index contributed by atoms with van der Waals surface area (Å²) in [6.45, 7) is 5.89. The van der Waals surface area contributed by atoms with Crippen molar-refractivity contribution in [1.29, 1.82) is 0 Å². The molecule has 0 fully saturated rings. The zero-order valence-electron chi connectivity index (χ0n) is 17.2. The van der Waals surface area contributed by atoms with E-state index in [2.05, 4.69) is 24.2 Å². The molecule has 2 aromatic rings. The summed E-state index contributed by atoms with van der Waals surface area (Å²) in [5.74, 6) is 1.50. The minimum atomic E-state index is 0.705. The second-order valence-corrected chi connectivity index (χ2v) is 7.28. The highest BCUT2D eigenvalue weighted by atomic mass is 16.6. The topological polar surface area (TPSA) is 57.4 Å². The van der Waals surface area contributed by atoms with E-state index in [0.29, 0.717) is 24.2 Å². The lowest BCUT2D eigenvalue weighted by Gasteiger charge is -2.12. The molecule has 5 nitrogen and oxygen atoms in total. The predicted molar refractivity (Wildman–Crippen MR) is 110 cm³/mol. The number of rotatable bonds is 16. The van der Waals surface area contributed by atoms with Gasteiger partial charge in [0.2, 0.25) is 0 Å². The average Bonchev–Trinajstić information content (AvgIpc) is 3.13. The van der Waals surface area contributed by atoms with Gasteiger partial charge in [0.15, 0.2) is 11.5 Å². The molecule has 27 heavy (non-hydrogen) atoms. The Morgan fingerprint density at radius 3 is 1.48 bits per heavy atom. The third-order valence-corrected chi connectivity index (χ3v) is 4.83. The molecule has 0 radical (unpaired) electrons. The van der Waals surface area contributed by atoms with Gasteiger partial charge < -0.3 is 9.47 Å². The molecule has 2 rings (SSSR count). The van der Waals surface area contributed by atoms with Crippen molar-refractivity contribution >= 4 is 11.0 Å². The number of aromatic nitrogens is 2. The van der Waals surface area contributed by atoms with Gasteiger partial charge >= 0.3 is 0 Å². The van der Waals surface area contributed by atoms with Crippen molar-refractivity contribution in [1.82, 2.24) is 10.3 Å². The van der Waals surface area contributed by atoms with Crippen LogP contribution in [0.5, 0.6) is 11.5 Å². The number of nitrogens with zero attached hydrogens (tertiary/aromatic N) is 2. The van der Waals surface area contributed by atoms with Crippen LogP contribution < -0.4 is 9.47 Å². The Kier molecular flexibility index (Phi) is 10.7. The van der Waals surface area contributed by atoms with E-state index in [4.69, 9.17) is 14.1 Å². The van der Waals surface area contributed by atoms with E-state index in [9.17, 15) is 0 Å². The van der Waals surface area contributed by atoms with E-state index < -0.39 is 0 Å². The van der Waals surface area contributed by atoms with Gasteiger partial charge in [-0.2, -0.15) is 0 Å². The summed E-state index contributed by atoms with van der Waals surface area (Å²) < 4.78 is 16.8. The number of ether oxygens (including phenoxy) is 2. The fourth-order valence-corrected chi connectivity index (χ4v) is 3.15. The van der Waals surface area contributed by atoms with Crippen LogP contribution >= 0.6 is 0 Å². The zero-order chi connectivity index (χ0) is 19.2. The van der Waals surface area contributed by atoms with Crippen molar-refractivity contribution in [3.8, 4) is 11.5 Å². The first-order chi connectivity index (χ1) is 13.3. The molecular formula is C22H36N2O3. The van der Waals surface area contributed by atoms with E-state index in [1.165, 1.54) is 64.2 Å². The Morgan fingerprint density at radius 1 is 0.630 bits per heavy atom. The van der Waals surface area contributed by atoms with Crippen LogP contribution in [-0.4, -0.2) is 23.5 Å². The summed E-state index contributed by atoms with van der Waals surface area (Å²) in [6.07, 6.45) is 15.0. The fraction of sp³-hybridized carbons (Fsp3) is 0.727. The monoisotopic (exact) mass is 376 g/mol. The lowest BCUT2D eigenvalue weighted by Crippen LogP contribution is -2.03. The van der Waals surface area contributed by atoms with Gasteiger partial charge in [-0.1, -0.05) is 78.1 Å². The SMILES string of the molecule is CCCCCCCCOc1cc2nonc2cc1OCCCCCCCC. The Morgan fingerprint density at radius 2 is 1.04 bits per heavy atom. The molecule has 0 saturated carbocycles. The lowest BCUT2D eigenvalue weighted by molar-refractivity contribution is 0.259. The minimum absolute atomic E-state index is 0.705. The molecular weight excluding hydrogens is 340 g/mol. The van der Waals surface area contributed by atoms with Gasteiger partial charge in [-0.15, -0.1) is 0 Å². The van der Waals surface area contributed by atoms with Gasteiger partial charge in [0.1, 0.15) is 11.0 Å². The summed E-state index contributed by atoms with van der Waals surface area (Å²) >= 11 is 0. The quantitative estimate of drug-likeness (QED) is 0.305. The first-order valence-electron chi connectivity index (χ1n) is 10.9. The van der Waals surface area contributed by atoms with E-state index in [1.54, 1.807) is 0 Å². The summed E-state index contributed by atoms with van der Waals surface area (Å²) in [6, 6.07) is 3.75. The Labute approximate surface area is 163 Å². The van der Waals surface area contributed by atoms with Gasteiger partial charge in [-0.3, -0.25) is 0 Å². The van der Waals surface area contributed by atoms with Crippen molar-refractivity contribution < 1.29 is 14.1 Å². The Balaban J connectivity index is 1.78. The molecule has 0 aliphatic rings. The van der Waals surface area contributed by atoms with E-state index in [0.717, 1.165) is 24.3 Å². The molecule has 0 spiro atoms. The summed E-state index contributed by atoms with van der Waals surface area (Å²) in [4.78, 5) is 0. The summed E-state index contributed by atoms with van der Waals surface area (Å²) in [7, 11) is 0. The standard InChI is InChI=1S/C22H36N2O3/c1-3-5-7-9-11-13-15-25-21-17-19-20(24-27-23-19)18-22(21)26-16-14-12-10-8-6-4-2/h17-18H,3-16H2,1-2H3. The van der Waals surface area contributed by atoms with E-state index >= 15 is 0 Å². The largest absolute Gasteiger partial charge is 0.490 e. The van der Waals surface area contributed by atoms with Crippen molar-refractivity contribution in [3.05, 3.63) is 12.1 Å². The molecule has 0 aliphatic carbocycles. The molecule has 0 bridgehead atoms. The molecule has 0 atom stereocenters.